The normalized spacial score (nSPS) is 12.5. The Morgan fingerprint density at radius 2 is 1.61 bits per heavy atom. The first-order valence-electron chi connectivity index (χ1n) is 9.93. The van der Waals surface area contributed by atoms with Crippen molar-refractivity contribution in [3.05, 3.63) is 84.1 Å². The number of hydrogen-bond acceptors (Lipinski definition) is 1. The number of nitrogens with zero attached hydrogens (tertiary/aromatic N) is 1. The van der Waals surface area contributed by atoms with Gasteiger partial charge in [0.1, 0.15) is 6.17 Å². The molecule has 1 unspecified atom stereocenters. The van der Waals surface area contributed by atoms with Crippen molar-refractivity contribution in [2.75, 3.05) is 0 Å². The number of ketones is 1. The van der Waals surface area contributed by atoms with Gasteiger partial charge in [-0.05, 0) is 29.7 Å². The molecule has 0 bridgehead atoms. The van der Waals surface area contributed by atoms with Gasteiger partial charge in [-0.2, -0.15) is 0 Å². The van der Waals surface area contributed by atoms with Gasteiger partial charge in [0.2, 0.25) is 0 Å². The molecule has 0 aliphatic rings. The monoisotopic (exact) mass is 373 g/mol. The zero-order chi connectivity index (χ0) is 19.5. The fourth-order valence-corrected chi connectivity index (χ4v) is 3.92. The van der Waals surface area contributed by atoms with Crippen LogP contribution < -0.4 is 0 Å². The highest BCUT2D eigenvalue weighted by molar-refractivity contribution is 6.21. The summed E-state index contributed by atoms with van der Waals surface area (Å²) < 4.78 is 16.0. The highest BCUT2D eigenvalue weighted by atomic mass is 19.1. The van der Waals surface area contributed by atoms with Crippen molar-refractivity contribution in [3.8, 4) is 0 Å². The Morgan fingerprint density at radius 1 is 0.893 bits per heavy atom. The number of carbonyl (C=O) groups is 1. The fraction of sp³-hybridized carbons (Fsp3) is 0.240. The minimum atomic E-state index is -0.802. The summed E-state index contributed by atoms with van der Waals surface area (Å²) in [6.07, 6.45) is 2.99. The van der Waals surface area contributed by atoms with Gasteiger partial charge < -0.3 is 4.57 Å². The largest absolute Gasteiger partial charge is 0.347 e. The maximum atomic E-state index is 14.0. The van der Waals surface area contributed by atoms with Crippen molar-refractivity contribution in [1.29, 1.82) is 0 Å². The number of para-hydroxylation sites is 1. The van der Waals surface area contributed by atoms with Gasteiger partial charge in [0.25, 0.3) is 0 Å². The number of fused-ring (bicyclic) bond motifs is 2. The first kappa shape index (κ1) is 18.4. The molecular weight excluding hydrogens is 349 g/mol. The molecular formula is C25H24FNO. The molecule has 0 N–H and O–H groups in total. The Hall–Kier alpha value is -2.94. The topological polar surface area (TPSA) is 22.0 Å². The van der Waals surface area contributed by atoms with E-state index in [0.717, 1.165) is 28.1 Å². The molecule has 0 aliphatic heterocycles. The lowest BCUT2D eigenvalue weighted by molar-refractivity contribution is 0.104. The van der Waals surface area contributed by atoms with Crippen LogP contribution in [0.1, 0.15) is 42.1 Å². The van der Waals surface area contributed by atoms with Crippen LogP contribution in [0.2, 0.25) is 0 Å². The molecule has 0 amide bonds. The maximum absolute atomic E-state index is 14.0. The number of aromatic nitrogens is 1. The van der Waals surface area contributed by atoms with Crippen LogP contribution in [0.15, 0.2) is 72.9 Å². The van der Waals surface area contributed by atoms with Gasteiger partial charge in [0.15, 0.2) is 5.78 Å². The van der Waals surface area contributed by atoms with Gasteiger partial charge >= 0.3 is 0 Å². The van der Waals surface area contributed by atoms with Crippen molar-refractivity contribution in [2.45, 2.75) is 38.9 Å². The van der Waals surface area contributed by atoms with Crippen molar-refractivity contribution in [3.63, 3.8) is 0 Å². The molecule has 3 aromatic carbocycles. The molecule has 0 radical (unpaired) electrons. The van der Waals surface area contributed by atoms with E-state index in [1.54, 1.807) is 0 Å². The van der Waals surface area contributed by atoms with Crippen LogP contribution >= 0.6 is 0 Å². The molecule has 1 heterocycles. The van der Waals surface area contributed by atoms with E-state index in [1.807, 2.05) is 84.4 Å². The van der Waals surface area contributed by atoms with E-state index in [1.165, 1.54) is 0 Å². The molecule has 0 saturated carbocycles. The zero-order valence-electron chi connectivity index (χ0n) is 16.1. The van der Waals surface area contributed by atoms with Crippen molar-refractivity contribution < 1.29 is 9.18 Å². The van der Waals surface area contributed by atoms with Crippen LogP contribution in [0.3, 0.4) is 0 Å². The number of alkyl halides is 1. The third-order valence-electron chi connectivity index (χ3n) is 5.35. The number of hydrogen-bond donors (Lipinski definition) is 0. The second-order valence-corrected chi connectivity index (χ2v) is 7.28. The molecule has 2 nitrogen and oxygen atoms in total. The van der Waals surface area contributed by atoms with E-state index in [-0.39, 0.29) is 5.78 Å². The van der Waals surface area contributed by atoms with Gasteiger partial charge in [-0.25, -0.2) is 4.39 Å². The number of benzene rings is 3. The first-order valence-corrected chi connectivity index (χ1v) is 9.93. The molecule has 0 fully saturated rings. The minimum Gasteiger partial charge on any atom is -0.347 e. The summed E-state index contributed by atoms with van der Waals surface area (Å²) in [5, 5.41) is 2.93. The molecule has 1 atom stereocenters. The van der Waals surface area contributed by atoms with Crippen molar-refractivity contribution in [2.24, 2.45) is 0 Å². The van der Waals surface area contributed by atoms with Gasteiger partial charge in [-0.1, -0.05) is 74.0 Å². The summed E-state index contributed by atoms with van der Waals surface area (Å²) in [5.41, 5.74) is 2.36. The van der Waals surface area contributed by atoms with Crippen LogP contribution in [-0.2, 0) is 6.54 Å². The summed E-state index contributed by atoms with van der Waals surface area (Å²) in [7, 11) is 0. The number of carbonyl (C=O) groups excluding carboxylic acids is 1. The van der Waals surface area contributed by atoms with Gasteiger partial charge in [-0.3, -0.25) is 4.79 Å². The maximum Gasteiger partial charge on any atom is 0.195 e. The summed E-state index contributed by atoms with van der Waals surface area (Å²) >= 11 is 0. The van der Waals surface area contributed by atoms with Crippen LogP contribution in [0.4, 0.5) is 4.39 Å². The highest BCUT2D eigenvalue weighted by Crippen LogP contribution is 2.27. The number of halogens is 1. The number of rotatable bonds is 7. The molecule has 0 saturated heterocycles. The Kier molecular flexibility index (Phi) is 5.25. The molecule has 0 aliphatic carbocycles. The minimum absolute atomic E-state index is 0.0112. The van der Waals surface area contributed by atoms with Crippen LogP contribution in [0.25, 0.3) is 21.7 Å². The average Bonchev–Trinajstić information content (AvgIpc) is 3.10. The van der Waals surface area contributed by atoms with Gasteiger partial charge in [0.05, 0.1) is 0 Å². The molecule has 28 heavy (non-hydrogen) atoms. The smallest absolute Gasteiger partial charge is 0.195 e. The fourth-order valence-electron chi connectivity index (χ4n) is 3.92. The third-order valence-corrected chi connectivity index (χ3v) is 5.35. The summed E-state index contributed by atoms with van der Waals surface area (Å²) in [5.74, 6) is 0.0112. The van der Waals surface area contributed by atoms with Crippen LogP contribution in [0, 0.1) is 0 Å². The van der Waals surface area contributed by atoms with Crippen LogP contribution in [0.5, 0.6) is 0 Å². The van der Waals surface area contributed by atoms with Crippen molar-refractivity contribution >= 4 is 27.5 Å². The Labute approximate surface area is 164 Å². The highest BCUT2D eigenvalue weighted by Gasteiger charge is 2.18. The number of aryl methyl sites for hydroxylation is 1. The Bertz CT molecular complexity index is 1120. The quantitative estimate of drug-likeness (QED) is 0.337. The lowest BCUT2D eigenvalue weighted by Crippen LogP contribution is -2.06. The molecule has 142 valence electrons. The van der Waals surface area contributed by atoms with E-state index in [0.29, 0.717) is 30.5 Å². The molecule has 4 aromatic rings. The Balaban J connectivity index is 1.75. The lowest BCUT2D eigenvalue weighted by Gasteiger charge is -2.08. The third kappa shape index (κ3) is 3.45. The predicted octanol–water partition coefficient (Wildman–Crippen LogP) is 6.55. The second-order valence-electron chi connectivity index (χ2n) is 7.28. The molecule has 1 aromatic heterocycles. The summed E-state index contributed by atoms with van der Waals surface area (Å²) in [6.45, 7) is 2.57. The second kappa shape index (κ2) is 7.97. The first-order chi connectivity index (χ1) is 13.7. The predicted molar refractivity (Wildman–Crippen MR) is 114 cm³/mol. The van der Waals surface area contributed by atoms with E-state index in [9.17, 15) is 9.18 Å². The van der Waals surface area contributed by atoms with Gasteiger partial charge in [0, 0.05) is 34.8 Å². The van der Waals surface area contributed by atoms with Gasteiger partial charge in [-0.15, -0.1) is 0 Å². The van der Waals surface area contributed by atoms with E-state index >= 15 is 0 Å². The van der Waals surface area contributed by atoms with E-state index in [2.05, 4.69) is 0 Å². The molecule has 3 heteroatoms. The average molecular weight is 373 g/mol. The Morgan fingerprint density at radius 3 is 2.43 bits per heavy atom. The standard InChI is InChI=1S/C25H24FNO/c1-2-8-19(26)15-16-27-17-23(21-12-5-6-14-24(21)27)25(28)22-13-7-10-18-9-3-4-11-20(18)22/h3-7,9-14,17,19H,2,8,15-16H2,1H3. The SMILES string of the molecule is CCCC(F)CCn1cc(C(=O)c2cccc3ccccc23)c2ccccc21. The molecule has 4 rings (SSSR count). The van der Waals surface area contributed by atoms with Crippen LogP contribution in [-0.4, -0.2) is 16.5 Å². The summed E-state index contributed by atoms with van der Waals surface area (Å²) in [6, 6.07) is 21.7. The summed E-state index contributed by atoms with van der Waals surface area (Å²) in [4.78, 5) is 13.4. The zero-order valence-corrected chi connectivity index (χ0v) is 16.1. The van der Waals surface area contributed by atoms with E-state index < -0.39 is 6.17 Å². The molecule has 0 spiro atoms. The van der Waals surface area contributed by atoms with E-state index in [4.69, 9.17) is 0 Å². The van der Waals surface area contributed by atoms with Crippen molar-refractivity contribution in [1.82, 2.24) is 4.57 Å². The lowest BCUT2D eigenvalue weighted by atomic mass is 9.97.